The van der Waals surface area contributed by atoms with Crippen LogP contribution in [0.5, 0.6) is 0 Å². The van der Waals surface area contributed by atoms with Crippen molar-refractivity contribution in [3.05, 3.63) is 41.1 Å². The molecule has 2 amide bonds. The molecular weight excluding hydrogens is 328 g/mol. The number of nitrogens with one attached hydrogen (secondary N) is 1. The van der Waals surface area contributed by atoms with Gasteiger partial charge < -0.3 is 10.2 Å². The van der Waals surface area contributed by atoms with Gasteiger partial charge in [0, 0.05) is 18.5 Å². The second kappa shape index (κ2) is 5.19. The smallest absolute Gasteiger partial charge is 0.242 e. The van der Waals surface area contributed by atoms with Gasteiger partial charge in [-0.15, -0.1) is 0 Å². The number of aryl methyl sites for hydroxylation is 1. The number of likely N-dealkylation sites (N-methyl/N-ethyl adjacent to an activating group) is 1. The zero-order valence-electron chi connectivity index (χ0n) is 15.9. The van der Waals surface area contributed by atoms with Crippen LogP contribution in [0.25, 0.3) is 0 Å². The normalized spacial score (nSPS) is 21.8. The molecule has 2 aliphatic rings. The molecule has 6 heteroatoms. The number of carbonyl (C=O) groups is 2. The van der Waals surface area contributed by atoms with Crippen LogP contribution in [0, 0.1) is 6.92 Å². The zero-order valence-corrected chi connectivity index (χ0v) is 15.9. The monoisotopic (exact) mass is 352 g/mol. The molecule has 1 unspecified atom stereocenters. The molecule has 0 radical (unpaired) electrons. The van der Waals surface area contributed by atoms with Gasteiger partial charge in [-0.1, -0.05) is 18.2 Å². The third-order valence-corrected chi connectivity index (χ3v) is 5.44. The lowest BCUT2D eigenvalue weighted by atomic mass is 9.71. The highest BCUT2D eigenvalue weighted by molar-refractivity contribution is 6.16. The molecule has 1 spiro atoms. The molecular formula is C20H24N4O2. The molecule has 0 aliphatic carbocycles. The van der Waals surface area contributed by atoms with Crippen LogP contribution in [0.3, 0.4) is 0 Å². The van der Waals surface area contributed by atoms with Gasteiger partial charge in [-0.25, -0.2) is 4.68 Å². The molecule has 1 N–H and O–H groups in total. The molecule has 1 aromatic carbocycles. The SMILES string of the molecule is CCN1C(=O)C2(CC(=O)Nc3c2cnn3C(C)(C)C)c2cccc(C)c21. The van der Waals surface area contributed by atoms with Crippen LogP contribution in [0.1, 0.15) is 50.8 Å². The van der Waals surface area contributed by atoms with E-state index in [-0.39, 0.29) is 23.8 Å². The molecule has 0 bridgehead atoms. The van der Waals surface area contributed by atoms with Gasteiger partial charge in [0.15, 0.2) is 0 Å². The molecule has 6 nitrogen and oxygen atoms in total. The van der Waals surface area contributed by atoms with E-state index in [9.17, 15) is 9.59 Å². The largest absolute Gasteiger partial charge is 0.311 e. The van der Waals surface area contributed by atoms with E-state index < -0.39 is 5.41 Å². The van der Waals surface area contributed by atoms with Crippen molar-refractivity contribution in [3.63, 3.8) is 0 Å². The van der Waals surface area contributed by atoms with E-state index in [0.29, 0.717) is 12.4 Å². The maximum Gasteiger partial charge on any atom is 0.242 e. The number of carbonyl (C=O) groups excluding carboxylic acids is 2. The molecule has 3 heterocycles. The van der Waals surface area contributed by atoms with E-state index in [1.807, 2.05) is 57.7 Å². The molecule has 2 aliphatic heterocycles. The van der Waals surface area contributed by atoms with Crippen LogP contribution >= 0.6 is 0 Å². The summed E-state index contributed by atoms with van der Waals surface area (Å²) in [5.41, 5.74) is 2.39. The summed E-state index contributed by atoms with van der Waals surface area (Å²) >= 11 is 0. The highest BCUT2D eigenvalue weighted by atomic mass is 16.2. The molecule has 1 atom stereocenters. The molecule has 1 aromatic heterocycles. The van der Waals surface area contributed by atoms with Gasteiger partial charge >= 0.3 is 0 Å². The number of rotatable bonds is 1. The molecule has 0 saturated carbocycles. The lowest BCUT2D eigenvalue weighted by molar-refractivity contribution is -0.126. The van der Waals surface area contributed by atoms with Crippen LogP contribution in [-0.4, -0.2) is 28.1 Å². The minimum Gasteiger partial charge on any atom is -0.311 e. The Kier molecular flexibility index (Phi) is 3.36. The maximum absolute atomic E-state index is 13.6. The lowest BCUT2D eigenvalue weighted by Gasteiger charge is -2.34. The van der Waals surface area contributed by atoms with Crippen molar-refractivity contribution < 1.29 is 9.59 Å². The third kappa shape index (κ3) is 1.95. The van der Waals surface area contributed by atoms with Crippen molar-refractivity contribution in [2.75, 3.05) is 16.8 Å². The van der Waals surface area contributed by atoms with Gasteiger partial charge in [-0.2, -0.15) is 5.10 Å². The number of hydrogen-bond acceptors (Lipinski definition) is 3. The van der Waals surface area contributed by atoms with Crippen molar-refractivity contribution in [1.29, 1.82) is 0 Å². The Morgan fingerprint density at radius 2 is 1.96 bits per heavy atom. The van der Waals surface area contributed by atoms with E-state index >= 15 is 0 Å². The summed E-state index contributed by atoms with van der Waals surface area (Å²) in [6, 6.07) is 5.95. The van der Waals surface area contributed by atoms with Crippen molar-refractivity contribution in [2.24, 2.45) is 0 Å². The lowest BCUT2D eigenvalue weighted by Crippen LogP contribution is -2.47. The van der Waals surface area contributed by atoms with Crippen LogP contribution in [0.15, 0.2) is 24.4 Å². The molecule has 4 rings (SSSR count). The Morgan fingerprint density at radius 3 is 2.62 bits per heavy atom. The minimum atomic E-state index is -0.988. The molecule has 2 aromatic rings. The maximum atomic E-state index is 13.6. The predicted molar refractivity (Wildman–Crippen MR) is 100 cm³/mol. The fourth-order valence-corrected chi connectivity index (χ4v) is 4.34. The fraction of sp³-hybridized carbons (Fsp3) is 0.450. The summed E-state index contributed by atoms with van der Waals surface area (Å²) in [4.78, 5) is 28.1. The summed E-state index contributed by atoms with van der Waals surface area (Å²) in [7, 11) is 0. The van der Waals surface area contributed by atoms with Crippen molar-refractivity contribution in [1.82, 2.24) is 9.78 Å². The number of fused-ring (bicyclic) bond motifs is 4. The summed E-state index contributed by atoms with van der Waals surface area (Å²) < 4.78 is 1.80. The molecule has 136 valence electrons. The first-order valence-corrected chi connectivity index (χ1v) is 9.02. The van der Waals surface area contributed by atoms with Crippen LogP contribution in [-0.2, 0) is 20.5 Å². The molecule has 0 saturated heterocycles. The molecule has 26 heavy (non-hydrogen) atoms. The number of amides is 2. The predicted octanol–water partition coefficient (Wildman–Crippen LogP) is 2.94. The topological polar surface area (TPSA) is 67.2 Å². The summed E-state index contributed by atoms with van der Waals surface area (Å²) in [5, 5.41) is 7.49. The summed E-state index contributed by atoms with van der Waals surface area (Å²) in [6.07, 6.45) is 1.87. The second-order valence-electron chi connectivity index (χ2n) is 8.14. The van der Waals surface area contributed by atoms with Crippen LogP contribution in [0.2, 0.25) is 0 Å². The standard InChI is InChI=1S/C20H24N4O2/c1-6-23-16-12(2)8-7-9-13(16)20(18(23)26)10-15(25)22-17-14(20)11-21-24(17)19(3,4)5/h7-9,11H,6,10H2,1-5H3,(H,22,25). The fourth-order valence-electron chi connectivity index (χ4n) is 4.34. The Bertz CT molecular complexity index is 938. The first kappa shape index (κ1) is 16.8. The quantitative estimate of drug-likeness (QED) is 0.858. The Balaban J connectivity index is 2.05. The van der Waals surface area contributed by atoms with Gasteiger partial charge in [0.05, 0.1) is 17.4 Å². The second-order valence-corrected chi connectivity index (χ2v) is 8.14. The van der Waals surface area contributed by atoms with Crippen molar-refractivity contribution >= 4 is 23.3 Å². The number of para-hydroxylation sites is 1. The molecule has 0 fully saturated rings. The third-order valence-electron chi connectivity index (χ3n) is 5.44. The van der Waals surface area contributed by atoms with Gasteiger partial charge in [0.25, 0.3) is 0 Å². The first-order valence-electron chi connectivity index (χ1n) is 9.02. The number of anilines is 2. The van der Waals surface area contributed by atoms with E-state index in [2.05, 4.69) is 10.4 Å². The van der Waals surface area contributed by atoms with Gasteiger partial charge in [-0.05, 0) is 45.7 Å². The number of nitrogens with zero attached hydrogens (tertiary/aromatic N) is 3. The summed E-state index contributed by atoms with van der Waals surface area (Å²) in [6.45, 7) is 10.6. The van der Waals surface area contributed by atoms with Crippen molar-refractivity contribution in [2.45, 2.75) is 52.0 Å². The van der Waals surface area contributed by atoms with Crippen LogP contribution in [0.4, 0.5) is 11.5 Å². The van der Waals surface area contributed by atoms with Gasteiger partial charge in [0.2, 0.25) is 11.8 Å². The Morgan fingerprint density at radius 1 is 1.23 bits per heavy atom. The van der Waals surface area contributed by atoms with E-state index in [4.69, 9.17) is 0 Å². The van der Waals surface area contributed by atoms with Gasteiger partial charge in [0.1, 0.15) is 11.2 Å². The van der Waals surface area contributed by atoms with Gasteiger partial charge in [-0.3, -0.25) is 9.59 Å². The van der Waals surface area contributed by atoms with Crippen molar-refractivity contribution in [3.8, 4) is 0 Å². The van der Waals surface area contributed by atoms with E-state index in [0.717, 1.165) is 22.4 Å². The van der Waals surface area contributed by atoms with Crippen LogP contribution < -0.4 is 10.2 Å². The highest BCUT2D eigenvalue weighted by Gasteiger charge is 2.57. The Hall–Kier alpha value is -2.63. The zero-order chi connectivity index (χ0) is 18.9. The average molecular weight is 352 g/mol. The minimum absolute atomic E-state index is 0.0335. The number of hydrogen-bond donors (Lipinski definition) is 1. The number of aromatic nitrogens is 2. The summed E-state index contributed by atoms with van der Waals surface area (Å²) in [5.74, 6) is 0.448. The first-order chi connectivity index (χ1) is 12.2. The highest BCUT2D eigenvalue weighted by Crippen LogP contribution is 2.53. The average Bonchev–Trinajstić information content (AvgIpc) is 3.08. The Labute approximate surface area is 153 Å². The van der Waals surface area contributed by atoms with E-state index in [1.54, 1.807) is 10.9 Å². The number of benzene rings is 1. The van der Waals surface area contributed by atoms with E-state index in [1.165, 1.54) is 0 Å².